The molecule has 0 unspecified atom stereocenters. The largest absolute Gasteiger partial charge is 0.481 e. The summed E-state index contributed by atoms with van der Waals surface area (Å²) < 4.78 is 1.78. The van der Waals surface area contributed by atoms with Gasteiger partial charge in [-0.05, 0) is 49.1 Å². The van der Waals surface area contributed by atoms with Crippen molar-refractivity contribution >= 4 is 5.97 Å². The number of hydrogen-bond acceptors (Lipinski definition) is 2. The van der Waals surface area contributed by atoms with Gasteiger partial charge in [-0.2, -0.15) is 5.10 Å². The molecule has 2 aromatic rings. The summed E-state index contributed by atoms with van der Waals surface area (Å²) in [5, 5.41) is 12.9. The van der Waals surface area contributed by atoms with Crippen LogP contribution in [0.4, 0.5) is 0 Å². The topological polar surface area (TPSA) is 55.1 Å². The Kier molecular flexibility index (Phi) is 3.46. The van der Waals surface area contributed by atoms with Gasteiger partial charge in [0.2, 0.25) is 0 Å². The van der Waals surface area contributed by atoms with Gasteiger partial charge in [0, 0.05) is 12.6 Å². The average molecular weight is 244 g/mol. The van der Waals surface area contributed by atoms with Gasteiger partial charge in [-0.3, -0.25) is 4.79 Å². The molecule has 1 N–H and O–H groups in total. The molecule has 0 spiro atoms. The van der Waals surface area contributed by atoms with E-state index in [0.717, 1.165) is 11.3 Å². The average Bonchev–Trinajstić information content (AvgIpc) is 2.79. The number of aromatic nitrogens is 2. The maximum atomic E-state index is 10.5. The number of carboxylic acids is 1. The van der Waals surface area contributed by atoms with Crippen molar-refractivity contribution in [2.24, 2.45) is 0 Å². The highest BCUT2D eigenvalue weighted by molar-refractivity contribution is 5.67. The molecule has 1 aromatic carbocycles. The Morgan fingerprint density at radius 1 is 1.33 bits per heavy atom. The van der Waals surface area contributed by atoms with Crippen LogP contribution < -0.4 is 0 Å². The van der Waals surface area contributed by atoms with Crippen LogP contribution in [0.2, 0.25) is 0 Å². The number of rotatable bonds is 4. The standard InChI is InChI=1S/C14H16N2O2/c1-10-3-5-13(7-11(10)2)16-9-12(8-15-16)4-6-14(17)18/h3,5,7-9H,4,6H2,1-2H3,(H,17,18). The number of hydrogen-bond donors (Lipinski definition) is 1. The normalized spacial score (nSPS) is 10.6. The Bertz CT molecular complexity index is 573. The Balaban J connectivity index is 2.18. The van der Waals surface area contributed by atoms with E-state index in [1.165, 1.54) is 11.1 Å². The molecule has 0 atom stereocenters. The van der Waals surface area contributed by atoms with Crippen LogP contribution in [0.1, 0.15) is 23.1 Å². The Morgan fingerprint density at radius 2 is 2.11 bits per heavy atom. The van der Waals surface area contributed by atoms with Crippen molar-refractivity contribution in [1.29, 1.82) is 0 Å². The van der Waals surface area contributed by atoms with Gasteiger partial charge in [0.1, 0.15) is 0 Å². The van der Waals surface area contributed by atoms with E-state index in [-0.39, 0.29) is 6.42 Å². The Hall–Kier alpha value is -2.10. The van der Waals surface area contributed by atoms with E-state index >= 15 is 0 Å². The summed E-state index contributed by atoms with van der Waals surface area (Å²) >= 11 is 0. The minimum Gasteiger partial charge on any atom is -0.481 e. The van der Waals surface area contributed by atoms with Crippen molar-refractivity contribution in [3.05, 3.63) is 47.3 Å². The predicted molar refractivity (Wildman–Crippen MR) is 69.0 cm³/mol. The molecular weight excluding hydrogens is 228 g/mol. The molecule has 0 aliphatic rings. The molecule has 0 radical (unpaired) electrons. The number of aliphatic carboxylic acids is 1. The molecule has 4 heteroatoms. The molecule has 4 nitrogen and oxygen atoms in total. The van der Waals surface area contributed by atoms with Crippen LogP contribution >= 0.6 is 0 Å². The zero-order valence-electron chi connectivity index (χ0n) is 10.6. The molecule has 0 bridgehead atoms. The van der Waals surface area contributed by atoms with Crippen molar-refractivity contribution in [3.8, 4) is 5.69 Å². The highest BCUT2D eigenvalue weighted by atomic mass is 16.4. The monoisotopic (exact) mass is 244 g/mol. The van der Waals surface area contributed by atoms with Crippen LogP contribution in [0.25, 0.3) is 5.69 Å². The SMILES string of the molecule is Cc1ccc(-n2cc(CCC(=O)O)cn2)cc1C. The summed E-state index contributed by atoms with van der Waals surface area (Å²) in [6.07, 6.45) is 4.25. The molecule has 0 aliphatic heterocycles. The van der Waals surface area contributed by atoms with E-state index in [9.17, 15) is 4.79 Å². The molecule has 0 amide bonds. The Labute approximate surface area is 106 Å². The zero-order valence-corrected chi connectivity index (χ0v) is 10.6. The first kappa shape index (κ1) is 12.4. The zero-order chi connectivity index (χ0) is 13.1. The highest BCUT2D eigenvalue weighted by Crippen LogP contribution is 2.14. The highest BCUT2D eigenvalue weighted by Gasteiger charge is 2.04. The van der Waals surface area contributed by atoms with Crippen LogP contribution in [0, 0.1) is 13.8 Å². The smallest absolute Gasteiger partial charge is 0.303 e. The van der Waals surface area contributed by atoms with Crippen LogP contribution in [0.3, 0.4) is 0 Å². The summed E-state index contributed by atoms with van der Waals surface area (Å²) in [7, 11) is 0. The van der Waals surface area contributed by atoms with Crippen LogP contribution in [0.5, 0.6) is 0 Å². The van der Waals surface area contributed by atoms with E-state index < -0.39 is 5.97 Å². The van der Waals surface area contributed by atoms with Gasteiger partial charge >= 0.3 is 5.97 Å². The van der Waals surface area contributed by atoms with Gasteiger partial charge in [0.05, 0.1) is 11.9 Å². The minimum atomic E-state index is -0.783. The van der Waals surface area contributed by atoms with E-state index in [1.54, 1.807) is 10.9 Å². The maximum Gasteiger partial charge on any atom is 0.303 e. The molecule has 18 heavy (non-hydrogen) atoms. The minimum absolute atomic E-state index is 0.138. The van der Waals surface area contributed by atoms with E-state index in [2.05, 4.69) is 31.1 Å². The number of aryl methyl sites for hydroxylation is 3. The molecule has 1 heterocycles. The second-order valence-electron chi connectivity index (χ2n) is 4.46. The number of benzene rings is 1. The fourth-order valence-electron chi connectivity index (χ4n) is 1.75. The van der Waals surface area contributed by atoms with Crippen LogP contribution in [0.15, 0.2) is 30.6 Å². The first-order chi connectivity index (χ1) is 8.56. The van der Waals surface area contributed by atoms with Gasteiger partial charge in [-0.25, -0.2) is 4.68 Å². The summed E-state index contributed by atoms with van der Waals surface area (Å²) in [4.78, 5) is 10.5. The first-order valence-electron chi connectivity index (χ1n) is 5.89. The van der Waals surface area contributed by atoms with Gasteiger partial charge in [0.15, 0.2) is 0 Å². The second kappa shape index (κ2) is 5.04. The van der Waals surface area contributed by atoms with Crippen molar-refractivity contribution in [3.63, 3.8) is 0 Å². The number of carboxylic acid groups (broad SMARTS) is 1. The number of nitrogens with zero attached hydrogens (tertiary/aromatic N) is 2. The molecule has 0 saturated heterocycles. The van der Waals surface area contributed by atoms with Gasteiger partial charge in [-0.15, -0.1) is 0 Å². The first-order valence-corrected chi connectivity index (χ1v) is 5.89. The summed E-state index contributed by atoms with van der Waals surface area (Å²) in [6.45, 7) is 4.13. The molecular formula is C14H16N2O2. The number of carbonyl (C=O) groups is 1. The van der Waals surface area contributed by atoms with Gasteiger partial charge in [-0.1, -0.05) is 6.07 Å². The van der Waals surface area contributed by atoms with Crippen LogP contribution in [-0.4, -0.2) is 20.9 Å². The lowest BCUT2D eigenvalue weighted by atomic mass is 10.1. The third-order valence-electron chi connectivity index (χ3n) is 3.02. The lowest BCUT2D eigenvalue weighted by molar-refractivity contribution is -0.136. The molecule has 0 fully saturated rings. The molecule has 1 aromatic heterocycles. The van der Waals surface area contributed by atoms with E-state index in [0.29, 0.717) is 6.42 Å². The lowest BCUT2D eigenvalue weighted by Crippen LogP contribution is -1.97. The predicted octanol–water partition coefficient (Wildman–Crippen LogP) is 2.51. The van der Waals surface area contributed by atoms with Crippen molar-refractivity contribution in [2.45, 2.75) is 26.7 Å². The molecule has 0 saturated carbocycles. The fourth-order valence-corrected chi connectivity index (χ4v) is 1.75. The summed E-state index contributed by atoms with van der Waals surface area (Å²) in [5.41, 5.74) is 4.40. The maximum absolute atomic E-state index is 10.5. The van der Waals surface area contributed by atoms with Crippen molar-refractivity contribution < 1.29 is 9.90 Å². The third kappa shape index (κ3) is 2.77. The molecule has 94 valence electrons. The van der Waals surface area contributed by atoms with Gasteiger partial charge in [0.25, 0.3) is 0 Å². The fraction of sp³-hybridized carbons (Fsp3) is 0.286. The van der Waals surface area contributed by atoms with Crippen LogP contribution in [-0.2, 0) is 11.2 Å². The van der Waals surface area contributed by atoms with Gasteiger partial charge < -0.3 is 5.11 Å². The third-order valence-corrected chi connectivity index (χ3v) is 3.02. The summed E-state index contributed by atoms with van der Waals surface area (Å²) in [5.74, 6) is -0.783. The Morgan fingerprint density at radius 3 is 2.78 bits per heavy atom. The van der Waals surface area contributed by atoms with Crippen molar-refractivity contribution in [2.75, 3.05) is 0 Å². The molecule has 2 rings (SSSR count). The van der Waals surface area contributed by atoms with Crippen molar-refractivity contribution in [1.82, 2.24) is 9.78 Å². The van der Waals surface area contributed by atoms with E-state index in [1.807, 2.05) is 12.3 Å². The summed E-state index contributed by atoms with van der Waals surface area (Å²) in [6, 6.07) is 6.14. The lowest BCUT2D eigenvalue weighted by Gasteiger charge is -2.04. The quantitative estimate of drug-likeness (QED) is 0.899. The molecule has 0 aliphatic carbocycles. The second-order valence-corrected chi connectivity index (χ2v) is 4.46. The van der Waals surface area contributed by atoms with E-state index in [4.69, 9.17) is 5.11 Å².